The van der Waals surface area contributed by atoms with Crippen LogP contribution in [-0.2, 0) is 6.54 Å². The van der Waals surface area contributed by atoms with Gasteiger partial charge in [-0.05, 0) is 32.4 Å². The second kappa shape index (κ2) is 6.40. The molecule has 2 heterocycles. The van der Waals surface area contributed by atoms with Gasteiger partial charge in [-0.2, -0.15) is 10.4 Å². The normalized spacial score (nSPS) is 10.3. The van der Waals surface area contributed by atoms with Crippen LogP contribution in [0.2, 0.25) is 5.02 Å². The van der Waals surface area contributed by atoms with Crippen molar-refractivity contribution in [3.63, 3.8) is 0 Å². The highest BCUT2D eigenvalue weighted by molar-refractivity contribution is 6.34. The van der Waals surface area contributed by atoms with E-state index in [4.69, 9.17) is 16.9 Å². The topological polar surface area (TPSA) is 66.5 Å². The van der Waals surface area contributed by atoms with E-state index in [0.717, 1.165) is 30.9 Å². The van der Waals surface area contributed by atoms with Crippen molar-refractivity contribution in [2.24, 2.45) is 0 Å². The number of aromatic nitrogens is 3. The molecule has 0 radical (unpaired) electrons. The summed E-state index contributed by atoms with van der Waals surface area (Å²) in [6.07, 6.45) is 2.48. The third-order valence-electron chi connectivity index (χ3n) is 2.95. The molecule has 0 amide bonds. The number of nitrogens with one attached hydrogen (secondary N) is 1. The number of halogens is 1. The van der Waals surface area contributed by atoms with E-state index in [9.17, 15) is 0 Å². The summed E-state index contributed by atoms with van der Waals surface area (Å²) in [6, 6.07) is 5.69. The molecule has 0 aliphatic rings. The summed E-state index contributed by atoms with van der Waals surface area (Å²) in [4.78, 5) is 4.14. The van der Waals surface area contributed by atoms with Crippen molar-refractivity contribution in [3.8, 4) is 6.07 Å². The van der Waals surface area contributed by atoms with E-state index in [1.165, 1.54) is 0 Å². The minimum atomic E-state index is 0.376. The van der Waals surface area contributed by atoms with Gasteiger partial charge in [0.25, 0.3) is 0 Å². The average molecular weight is 290 g/mol. The maximum Gasteiger partial charge on any atom is 0.146 e. The van der Waals surface area contributed by atoms with Gasteiger partial charge in [-0.3, -0.25) is 4.68 Å². The first-order valence-electron chi connectivity index (χ1n) is 6.41. The van der Waals surface area contributed by atoms with E-state index in [1.54, 1.807) is 12.3 Å². The molecule has 0 bridgehead atoms. The Hall–Kier alpha value is -2.06. The Morgan fingerprint density at radius 1 is 1.45 bits per heavy atom. The van der Waals surface area contributed by atoms with E-state index >= 15 is 0 Å². The van der Waals surface area contributed by atoms with E-state index in [0.29, 0.717) is 16.4 Å². The zero-order valence-electron chi connectivity index (χ0n) is 11.5. The fourth-order valence-corrected chi connectivity index (χ4v) is 2.21. The molecule has 0 atom stereocenters. The zero-order valence-corrected chi connectivity index (χ0v) is 12.3. The molecular weight excluding hydrogens is 274 g/mol. The van der Waals surface area contributed by atoms with Gasteiger partial charge in [0, 0.05) is 25.0 Å². The highest BCUT2D eigenvalue weighted by Gasteiger charge is 2.06. The molecule has 2 aromatic heterocycles. The predicted octanol–water partition coefficient (Wildman–Crippen LogP) is 2.92. The van der Waals surface area contributed by atoms with Gasteiger partial charge in [-0.15, -0.1) is 0 Å². The van der Waals surface area contributed by atoms with Crippen LogP contribution in [0.5, 0.6) is 0 Å². The van der Waals surface area contributed by atoms with Crippen LogP contribution in [0.4, 0.5) is 5.82 Å². The van der Waals surface area contributed by atoms with Gasteiger partial charge in [0.05, 0.1) is 11.3 Å². The summed E-state index contributed by atoms with van der Waals surface area (Å²) in [5.41, 5.74) is 2.62. The maximum atomic E-state index is 8.89. The van der Waals surface area contributed by atoms with Gasteiger partial charge in [-0.1, -0.05) is 11.6 Å². The number of hydrogen-bond acceptors (Lipinski definition) is 4. The monoisotopic (exact) mass is 289 g/mol. The SMILES string of the molecule is Cc1cc(C)n(CCCNc2nccc(C#N)c2Cl)n1. The lowest BCUT2D eigenvalue weighted by Crippen LogP contribution is -2.10. The predicted molar refractivity (Wildman–Crippen MR) is 78.8 cm³/mol. The molecule has 1 N–H and O–H groups in total. The number of aryl methyl sites for hydroxylation is 3. The molecule has 6 heteroatoms. The number of rotatable bonds is 5. The van der Waals surface area contributed by atoms with Gasteiger partial charge in [0.2, 0.25) is 0 Å². The molecule has 5 nitrogen and oxygen atoms in total. The smallest absolute Gasteiger partial charge is 0.146 e. The average Bonchev–Trinajstić information content (AvgIpc) is 2.74. The second-order valence-corrected chi connectivity index (χ2v) is 4.94. The first kappa shape index (κ1) is 14.4. The number of nitrogens with zero attached hydrogens (tertiary/aromatic N) is 4. The van der Waals surface area contributed by atoms with Crippen LogP contribution in [0.1, 0.15) is 23.4 Å². The fraction of sp³-hybridized carbons (Fsp3) is 0.357. The molecule has 2 rings (SSSR count). The molecule has 0 aromatic carbocycles. The molecule has 0 spiro atoms. The summed E-state index contributed by atoms with van der Waals surface area (Å²) in [5.74, 6) is 0.555. The second-order valence-electron chi connectivity index (χ2n) is 4.56. The Morgan fingerprint density at radius 2 is 2.25 bits per heavy atom. The fourth-order valence-electron chi connectivity index (χ4n) is 1.99. The van der Waals surface area contributed by atoms with Crippen molar-refractivity contribution < 1.29 is 0 Å². The number of nitriles is 1. The van der Waals surface area contributed by atoms with Gasteiger partial charge in [0.15, 0.2) is 0 Å². The number of anilines is 1. The summed E-state index contributed by atoms with van der Waals surface area (Å²) < 4.78 is 1.98. The molecule has 0 aliphatic heterocycles. The Balaban J connectivity index is 1.88. The molecule has 20 heavy (non-hydrogen) atoms. The minimum Gasteiger partial charge on any atom is -0.369 e. The molecule has 2 aromatic rings. The molecule has 0 fully saturated rings. The third kappa shape index (κ3) is 3.28. The van der Waals surface area contributed by atoms with Crippen LogP contribution in [0.25, 0.3) is 0 Å². The highest BCUT2D eigenvalue weighted by Crippen LogP contribution is 2.22. The van der Waals surface area contributed by atoms with Crippen molar-refractivity contribution in [2.45, 2.75) is 26.8 Å². The molecule has 0 saturated heterocycles. The van der Waals surface area contributed by atoms with Gasteiger partial charge < -0.3 is 5.32 Å². The highest BCUT2D eigenvalue weighted by atomic mass is 35.5. The van der Waals surface area contributed by atoms with Crippen LogP contribution in [0.15, 0.2) is 18.3 Å². The largest absolute Gasteiger partial charge is 0.369 e. The van der Waals surface area contributed by atoms with Gasteiger partial charge in [-0.25, -0.2) is 4.98 Å². The van der Waals surface area contributed by atoms with E-state index < -0.39 is 0 Å². The Labute approximate surface area is 123 Å². The minimum absolute atomic E-state index is 0.376. The summed E-state index contributed by atoms with van der Waals surface area (Å²) >= 11 is 6.07. The van der Waals surface area contributed by atoms with E-state index in [-0.39, 0.29) is 0 Å². The number of pyridine rings is 1. The van der Waals surface area contributed by atoms with Crippen LogP contribution in [0.3, 0.4) is 0 Å². The quantitative estimate of drug-likeness (QED) is 0.860. The summed E-state index contributed by atoms with van der Waals surface area (Å²) in [7, 11) is 0. The maximum absolute atomic E-state index is 8.89. The van der Waals surface area contributed by atoms with E-state index in [2.05, 4.69) is 21.5 Å². The van der Waals surface area contributed by atoms with Crippen molar-refractivity contribution in [3.05, 3.63) is 40.3 Å². The van der Waals surface area contributed by atoms with Crippen LogP contribution in [0, 0.1) is 25.2 Å². The standard InChI is InChI=1S/C14H16ClN5/c1-10-8-11(2)20(19-10)7-3-5-17-14-13(15)12(9-16)4-6-18-14/h4,6,8H,3,5,7H2,1-2H3,(H,17,18). The molecule has 0 aliphatic carbocycles. The summed E-state index contributed by atoms with van der Waals surface area (Å²) in [5, 5.41) is 16.8. The molecule has 0 unspecified atom stereocenters. The molecule has 0 saturated carbocycles. The first-order valence-corrected chi connectivity index (χ1v) is 6.79. The Morgan fingerprint density at radius 3 is 2.90 bits per heavy atom. The lowest BCUT2D eigenvalue weighted by Gasteiger charge is -2.08. The van der Waals surface area contributed by atoms with Crippen molar-refractivity contribution in [2.75, 3.05) is 11.9 Å². The van der Waals surface area contributed by atoms with Crippen molar-refractivity contribution >= 4 is 17.4 Å². The lowest BCUT2D eigenvalue weighted by atomic mass is 10.3. The Bertz CT molecular complexity index is 641. The summed E-state index contributed by atoms with van der Waals surface area (Å²) in [6.45, 7) is 5.59. The van der Waals surface area contributed by atoms with Crippen molar-refractivity contribution in [1.29, 1.82) is 5.26 Å². The van der Waals surface area contributed by atoms with Crippen molar-refractivity contribution in [1.82, 2.24) is 14.8 Å². The van der Waals surface area contributed by atoms with Crippen LogP contribution in [-0.4, -0.2) is 21.3 Å². The molecule has 104 valence electrons. The Kier molecular flexibility index (Phi) is 4.59. The van der Waals surface area contributed by atoms with E-state index in [1.807, 2.05) is 24.6 Å². The first-order chi connectivity index (χ1) is 9.61. The molecular formula is C14H16ClN5. The van der Waals surface area contributed by atoms with Crippen LogP contribution >= 0.6 is 11.6 Å². The number of hydrogen-bond donors (Lipinski definition) is 1. The van der Waals surface area contributed by atoms with Gasteiger partial charge in [0.1, 0.15) is 16.9 Å². The van der Waals surface area contributed by atoms with Crippen LogP contribution < -0.4 is 5.32 Å². The lowest BCUT2D eigenvalue weighted by molar-refractivity contribution is 0.573. The van der Waals surface area contributed by atoms with Gasteiger partial charge >= 0.3 is 0 Å². The zero-order chi connectivity index (χ0) is 14.5. The third-order valence-corrected chi connectivity index (χ3v) is 3.33.